The Morgan fingerprint density at radius 2 is 1.93 bits per heavy atom. The highest BCUT2D eigenvalue weighted by Gasteiger charge is 2.18. The SMILES string of the molecule is O=C(CSc1nnc(N2CCOCC2)c2ccccc12)NCc1ccco1. The molecule has 4 rings (SSSR count). The molecule has 1 aliphatic heterocycles. The lowest BCUT2D eigenvalue weighted by atomic mass is 10.2. The lowest BCUT2D eigenvalue weighted by molar-refractivity contribution is -0.118. The molecule has 7 nitrogen and oxygen atoms in total. The lowest BCUT2D eigenvalue weighted by Crippen LogP contribution is -2.37. The minimum Gasteiger partial charge on any atom is -0.467 e. The van der Waals surface area contributed by atoms with E-state index >= 15 is 0 Å². The summed E-state index contributed by atoms with van der Waals surface area (Å²) in [6.07, 6.45) is 1.59. The normalized spacial score (nSPS) is 14.4. The molecule has 1 N–H and O–H groups in total. The van der Waals surface area contributed by atoms with Gasteiger partial charge in [-0.05, 0) is 12.1 Å². The van der Waals surface area contributed by atoms with Crippen molar-refractivity contribution in [1.82, 2.24) is 15.5 Å². The van der Waals surface area contributed by atoms with Crippen molar-refractivity contribution in [3.63, 3.8) is 0 Å². The van der Waals surface area contributed by atoms with Crippen LogP contribution in [0.1, 0.15) is 5.76 Å². The van der Waals surface area contributed by atoms with Crippen molar-refractivity contribution in [3.05, 3.63) is 48.4 Å². The van der Waals surface area contributed by atoms with Crippen molar-refractivity contribution < 1.29 is 13.9 Å². The average molecular weight is 384 g/mol. The fraction of sp³-hybridized carbons (Fsp3) is 0.316. The first-order chi connectivity index (χ1) is 13.3. The summed E-state index contributed by atoms with van der Waals surface area (Å²) in [6, 6.07) is 11.7. The summed E-state index contributed by atoms with van der Waals surface area (Å²) in [4.78, 5) is 14.3. The zero-order valence-electron chi connectivity index (χ0n) is 14.8. The number of fused-ring (bicyclic) bond motifs is 1. The summed E-state index contributed by atoms with van der Waals surface area (Å²) in [5.41, 5.74) is 0. The molecular weight excluding hydrogens is 364 g/mol. The first-order valence-electron chi connectivity index (χ1n) is 8.81. The molecule has 1 aliphatic rings. The molecule has 0 radical (unpaired) electrons. The molecule has 0 spiro atoms. The summed E-state index contributed by atoms with van der Waals surface area (Å²) in [6.45, 7) is 3.39. The van der Waals surface area contributed by atoms with Crippen LogP contribution in [0, 0.1) is 0 Å². The molecule has 1 saturated heterocycles. The second kappa shape index (κ2) is 8.41. The minimum atomic E-state index is -0.0699. The van der Waals surface area contributed by atoms with Gasteiger partial charge in [0, 0.05) is 23.9 Å². The molecule has 27 heavy (non-hydrogen) atoms. The highest BCUT2D eigenvalue weighted by molar-refractivity contribution is 8.00. The number of hydrogen-bond donors (Lipinski definition) is 1. The van der Waals surface area contributed by atoms with Crippen molar-refractivity contribution >= 4 is 34.3 Å². The van der Waals surface area contributed by atoms with Crippen LogP contribution in [-0.4, -0.2) is 48.2 Å². The Morgan fingerprint density at radius 3 is 2.70 bits per heavy atom. The number of nitrogens with zero attached hydrogens (tertiary/aromatic N) is 3. The first-order valence-corrected chi connectivity index (χ1v) is 9.80. The fourth-order valence-corrected chi connectivity index (χ4v) is 3.77. The summed E-state index contributed by atoms with van der Waals surface area (Å²) in [5, 5.41) is 14.5. The van der Waals surface area contributed by atoms with E-state index in [1.807, 2.05) is 24.3 Å². The second-order valence-electron chi connectivity index (χ2n) is 6.12. The van der Waals surface area contributed by atoms with Crippen LogP contribution >= 0.6 is 11.8 Å². The number of furan rings is 1. The third-order valence-electron chi connectivity index (χ3n) is 4.32. The molecule has 1 aromatic carbocycles. The third-order valence-corrected chi connectivity index (χ3v) is 5.31. The number of benzene rings is 1. The summed E-state index contributed by atoms with van der Waals surface area (Å²) < 4.78 is 10.6. The Morgan fingerprint density at radius 1 is 1.11 bits per heavy atom. The van der Waals surface area contributed by atoms with Crippen molar-refractivity contribution in [2.24, 2.45) is 0 Å². The van der Waals surface area contributed by atoms with E-state index in [2.05, 4.69) is 26.5 Å². The van der Waals surface area contributed by atoms with Gasteiger partial charge in [-0.3, -0.25) is 4.79 Å². The van der Waals surface area contributed by atoms with E-state index in [-0.39, 0.29) is 11.7 Å². The Labute approximate surface area is 161 Å². The van der Waals surface area contributed by atoms with Crippen molar-refractivity contribution in [2.75, 3.05) is 37.0 Å². The van der Waals surface area contributed by atoms with E-state index in [0.717, 1.165) is 40.5 Å². The number of nitrogens with one attached hydrogen (secondary N) is 1. The third kappa shape index (κ3) is 4.23. The van der Waals surface area contributed by atoms with Crippen LogP contribution in [0.3, 0.4) is 0 Å². The van der Waals surface area contributed by atoms with Gasteiger partial charge >= 0.3 is 0 Å². The smallest absolute Gasteiger partial charge is 0.230 e. The zero-order chi connectivity index (χ0) is 18.5. The molecule has 140 valence electrons. The van der Waals surface area contributed by atoms with Crippen molar-refractivity contribution in [2.45, 2.75) is 11.6 Å². The average Bonchev–Trinajstić information content (AvgIpc) is 3.25. The number of hydrogen-bond acceptors (Lipinski definition) is 7. The number of carbonyl (C=O) groups excluding carboxylic acids is 1. The van der Waals surface area contributed by atoms with Gasteiger partial charge in [0.25, 0.3) is 0 Å². The van der Waals surface area contributed by atoms with Crippen LogP contribution < -0.4 is 10.2 Å². The van der Waals surface area contributed by atoms with E-state index in [1.165, 1.54) is 11.8 Å². The van der Waals surface area contributed by atoms with Gasteiger partial charge in [-0.25, -0.2) is 0 Å². The molecular formula is C19H20N4O3S. The van der Waals surface area contributed by atoms with Gasteiger partial charge in [-0.2, -0.15) is 0 Å². The minimum absolute atomic E-state index is 0.0699. The van der Waals surface area contributed by atoms with E-state index in [9.17, 15) is 4.79 Å². The van der Waals surface area contributed by atoms with Crippen molar-refractivity contribution in [1.29, 1.82) is 0 Å². The molecule has 2 aromatic heterocycles. The fourth-order valence-electron chi connectivity index (χ4n) is 2.96. The maximum absolute atomic E-state index is 12.1. The Bertz CT molecular complexity index is 910. The summed E-state index contributed by atoms with van der Waals surface area (Å²) in [5.74, 6) is 1.81. The number of anilines is 1. The number of thioether (sulfide) groups is 1. The van der Waals surface area contributed by atoms with E-state index in [1.54, 1.807) is 12.3 Å². The van der Waals surface area contributed by atoms with E-state index in [4.69, 9.17) is 9.15 Å². The van der Waals surface area contributed by atoms with E-state index < -0.39 is 0 Å². The highest BCUT2D eigenvalue weighted by atomic mass is 32.2. The Balaban J connectivity index is 1.46. The summed E-state index contributed by atoms with van der Waals surface area (Å²) in [7, 11) is 0. The number of rotatable bonds is 6. The maximum atomic E-state index is 12.1. The molecule has 8 heteroatoms. The van der Waals surface area contributed by atoms with E-state index in [0.29, 0.717) is 19.8 Å². The zero-order valence-corrected chi connectivity index (χ0v) is 15.6. The van der Waals surface area contributed by atoms with Crippen LogP contribution in [-0.2, 0) is 16.1 Å². The number of amides is 1. The number of carbonyl (C=O) groups is 1. The van der Waals surface area contributed by atoms with Gasteiger partial charge < -0.3 is 19.4 Å². The number of ether oxygens (including phenoxy) is 1. The van der Waals surface area contributed by atoms with Gasteiger partial charge in [0.05, 0.1) is 31.8 Å². The quantitative estimate of drug-likeness (QED) is 0.654. The van der Waals surface area contributed by atoms with Crippen LogP contribution in [0.2, 0.25) is 0 Å². The predicted molar refractivity (Wildman–Crippen MR) is 104 cm³/mol. The molecule has 1 fully saturated rings. The monoisotopic (exact) mass is 384 g/mol. The molecule has 0 unspecified atom stereocenters. The van der Waals surface area contributed by atoms with Gasteiger partial charge in [-0.15, -0.1) is 10.2 Å². The van der Waals surface area contributed by atoms with Crippen LogP contribution in [0.5, 0.6) is 0 Å². The van der Waals surface area contributed by atoms with Gasteiger partial charge in [0.15, 0.2) is 5.82 Å². The molecule has 3 aromatic rings. The van der Waals surface area contributed by atoms with Crippen LogP contribution in [0.15, 0.2) is 52.1 Å². The predicted octanol–water partition coefficient (Wildman–Crippen LogP) is 2.47. The van der Waals surface area contributed by atoms with Crippen LogP contribution in [0.25, 0.3) is 10.8 Å². The standard InChI is InChI=1S/C19H20N4O3S/c24-17(20-12-14-4-3-9-26-14)13-27-19-16-6-2-1-5-15(16)18(21-22-19)23-7-10-25-11-8-23/h1-6,9H,7-8,10-13H2,(H,20,24). The molecule has 0 atom stereocenters. The Hall–Kier alpha value is -2.58. The molecule has 0 bridgehead atoms. The maximum Gasteiger partial charge on any atom is 0.230 e. The molecule has 0 saturated carbocycles. The number of morpholine rings is 1. The van der Waals surface area contributed by atoms with Crippen LogP contribution in [0.4, 0.5) is 5.82 Å². The largest absolute Gasteiger partial charge is 0.467 e. The molecule has 0 aliphatic carbocycles. The highest BCUT2D eigenvalue weighted by Crippen LogP contribution is 2.31. The molecule has 1 amide bonds. The lowest BCUT2D eigenvalue weighted by Gasteiger charge is -2.28. The van der Waals surface area contributed by atoms with Gasteiger partial charge in [-0.1, -0.05) is 36.0 Å². The van der Waals surface area contributed by atoms with Gasteiger partial charge in [0.1, 0.15) is 10.8 Å². The second-order valence-corrected chi connectivity index (χ2v) is 7.08. The topological polar surface area (TPSA) is 80.5 Å². The molecule has 3 heterocycles. The number of aromatic nitrogens is 2. The van der Waals surface area contributed by atoms with Crippen molar-refractivity contribution in [3.8, 4) is 0 Å². The Kier molecular flexibility index (Phi) is 5.55. The van der Waals surface area contributed by atoms with Gasteiger partial charge in [0.2, 0.25) is 5.91 Å². The summed E-state index contributed by atoms with van der Waals surface area (Å²) >= 11 is 1.39. The first kappa shape index (κ1) is 17.8.